The highest BCUT2D eigenvalue weighted by molar-refractivity contribution is 6.49. The Morgan fingerprint density at radius 1 is 0.789 bits per heavy atom. The molecular weight excluding hydrogens is 251 g/mol. The fourth-order valence-electron chi connectivity index (χ4n) is 2.10. The van der Waals surface area contributed by atoms with E-state index in [9.17, 15) is 0 Å². The van der Waals surface area contributed by atoms with Crippen molar-refractivity contribution in [3.8, 4) is 0 Å². The Morgan fingerprint density at radius 2 is 1.21 bits per heavy atom. The van der Waals surface area contributed by atoms with E-state index in [1.54, 1.807) is 0 Å². The maximum absolute atomic E-state index is 2.69. The van der Waals surface area contributed by atoms with Crippen LogP contribution in [0.25, 0.3) is 0 Å². The molecule has 0 N–H and O–H groups in total. The molecule has 0 aliphatic heterocycles. The van der Waals surface area contributed by atoms with E-state index >= 15 is 0 Å². The minimum atomic E-state index is -1.24. The molecule has 0 rings (SSSR count). The van der Waals surface area contributed by atoms with E-state index in [4.69, 9.17) is 0 Å². The summed E-state index contributed by atoms with van der Waals surface area (Å²) in [5, 5.41) is 0. The van der Waals surface area contributed by atoms with Crippen molar-refractivity contribution in [3.63, 3.8) is 0 Å². The normalized spacial score (nSPS) is 12.8. The van der Waals surface area contributed by atoms with Crippen molar-refractivity contribution in [2.75, 3.05) is 47.8 Å². The van der Waals surface area contributed by atoms with Gasteiger partial charge in [-0.3, -0.25) is 0 Å². The number of hydrogen-bond acceptors (Lipinski definition) is 4. The maximum Gasteiger partial charge on any atom is 0.609 e. The van der Waals surface area contributed by atoms with Crippen LogP contribution in [0.2, 0.25) is 0 Å². The first-order chi connectivity index (χ1) is 8.72. The molecule has 0 saturated heterocycles. The summed E-state index contributed by atoms with van der Waals surface area (Å²) in [4.78, 5) is 2.28. The first-order valence-corrected chi connectivity index (χ1v) is 9.09. The molecule has 0 unspecified atom stereocenters. The summed E-state index contributed by atoms with van der Waals surface area (Å²) in [7, 11) is 8.89. The molecule has 0 aromatic carbocycles. The summed E-state index contributed by atoms with van der Waals surface area (Å²) >= 11 is -1.24. The molecule has 0 amide bonds. The Hall–Kier alpha value is 0.372. The molecule has 0 fully saturated rings. The predicted molar refractivity (Wildman–Crippen MR) is 87.4 cm³/mol. The third-order valence-electron chi connectivity index (χ3n) is 3.92. The van der Waals surface area contributed by atoms with Crippen LogP contribution in [-0.2, 0) is 0 Å². The van der Waals surface area contributed by atoms with E-state index in [2.05, 4.69) is 79.4 Å². The van der Waals surface area contributed by atoms with Gasteiger partial charge in [-0.05, 0) is 53.4 Å². The van der Waals surface area contributed by atoms with Gasteiger partial charge in [-0.1, -0.05) is 34.6 Å². The van der Waals surface area contributed by atoms with Gasteiger partial charge in [-0.15, -0.1) is 0 Å². The summed E-state index contributed by atoms with van der Waals surface area (Å²) in [6.45, 7) is 14.9. The van der Waals surface area contributed by atoms with E-state index < -0.39 is 14.8 Å². The lowest BCUT2D eigenvalue weighted by molar-refractivity contribution is 0.251. The molecule has 0 aliphatic carbocycles. The van der Waals surface area contributed by atoms with Gasteiger partial charge in [0.1, 0.15) is 0 Å². The monoisotopic (exact) mass is 286 g/mol. The van der Waals surface area contributed by atoms with E-state index in [1.165, 1.54) is 0 Å². The zero-order valence-corrected chi connectivity index (χ0v) is 15.8. The number of hydrogen-bond donors (Lipinski definition) is 0. The van der Waals surface area contributed by atoms with Gasteiger partial charge in [-0.25, -0.2) is 0 Å². The third kappa shape index (κ3) is 6.57. The van der Waals surface area contributed by atoms with Crippen LogP contribution in [0.3, 0.4) is 0 Å². The van der Waals surface area contributed by atoms with E-state index in [0.717, 1.165) is 19.6 Å². The van der Waals surface area contributed by atoms with Crippen molar-refractivity contribution < 1.29 is 0 Å². The molecule has 19 heavy (non-hydrogen) atoms. The molecular formula is C14H35AlN4. The highest BCUT2D eigenvalue weighted by atomic mass is 27.2. The van der Waals surface area contributed by atoms with Crippen LogP contribution in [0.4, 0.5) is 0 Å². The van der Waals surface area contributed by atoms with Crippen molar-refractivity contribution in [1.29, 1.82) is 0 Å². The number of likely N-dealkylation sites (N-methyl/N-ethyl adjacent to an activating group) is 2. The summed E-state index contributed by atoms with van der Waals surface area (Å²) < 4.78 is 7.89. The minimum Gasteiger partial charge on any atom is -0.357 e. The van der Waals surface area contributed by atoms with Gasteiger partial charge < -0.3 is 16.6 Å². The van der Waals surface area contributed by atoms with Gasteiger partial charge in [0.2, 0.25) is 0 Å². The van der Waals surface area contributed by atoms with Crippen molar-refractivity contribution >= 4 is 14.8 Å². The van der Waals surface area contributed by atoms with Crippen molar-refractivity contribution in [2.24, 2.45) is 0 Å². The minimum absolute atomic E-state index is 0.603. The number of rotatable bonds is 9. The van der Waals surface area contributed by atoms with Gasteiger partial charge in [0.15, 0.2) is 0 Å². The molecule has 5 heteroatoms. The van der Waals surface area contributed by atoms with Crippen LogP contribution in [0.1, 0.15) is 34.6 Å². The highest BCUT2D eigenvalue weighted by Crippen LogP contribution is 2.10. The largest absolute Gasteiger partial charge is 0.609 e. The molecule has 0 bridgehead atoms. The summed E-state index contributed by atoms with van der Waals surface area (Å²) in [6, 6.07) is 1.21. The maximum atomic E-state index is 2.69. The molecule has 0 saturated carbocycles. The standard InChI is InChI=1S/C6H15N2.2C4H10N.Al/c1-4-7-5-6-8(2)3;2*1-4(2)5-3;/h4-6H2,1-3H3;2*4H,1-3H3;/q3*-1;+3. The third-order valence-corrected chi connectivity index (χ3v) is 7.85. The second kappa shape index (κ2) is 9.33. The first-order valence-electron chi connectivity index (χ1n) is 7.55. The van der Waals surface area contributed by atoms with E-state index in [-0.39, 0.29) is 0 Å². The van der Waals surface area contributed by atoms with Crippen LogP contribution < -0.4 is 0 Å². The fraction of sp³-hybridized carbons (Fsp3) is 1.00. The first kappa shape index (κ1) is 19.4. The van der Waals surface area contributed by atoms with Gasteiger partial charge in [0, 0.05) is 6.54 Å². The predicted octanol–water partition coefficient (Wildman–Crippen LogP) is 1.54. The lowest BCUT2D eigenvalue weighted by Crippen LogP contribution is -2.64. The SMILES string of the molecule is CC[N](CCN(C)C)[Al]([N](C)C(C)C)[N](C)C(C)C. The van der Waals surface area contributed by atoms with Gasteiger partial charge in [-0.2, -0.15) is 0 Å². The Kier molecular flexibility index (Phi) is 9.52. The lowest BCUT2D eigenvalue weighted by atomic mass is 10.4. The van der Waals surface area contributed by atoms with Gasteiger partial charge >= 0.3 is 14.8 Å². The van der Waals surface area contributed by atoms with Crippen molar-refractivity contribution in [3.05, 3.63) is 0 Å². The van der Waals surface area contributed by atoms with Crippen molar-refractivity contribution in [2.45, 2.75) is 46.7 Å². The second-order valence-electron chi connectivity index (χ2n) is 6.30. The van der Waals surface area contributed by atoms with E-state index in [1.807, 2.05) is 0 Å². The zero-order valence-electron chi connectivity index (χ0n) is 14.6. The fourth-order valence-corrected chi connectivity index (χ4v) is 5.45. The highest BCUT2D eigenvalue weighted by Gasteiger charge is 2.39. The van der Waals surface area contributed by atoms with Crippen LogP contribution in [0, 0.1) is 0 Å². The van der Waals surface area contributed by atoms with Crippen LogP contribution in [0.5, 0.6) is 0 Å². The quantitative estimate of drug-likeness (QED) is 0.596. The Labute approximate surface area is 126 Å². The zero-order chi connectivity index (χ0) is 15.2. The summed E-state index contributed by atoms with van der Waals surface area (Å²) in [6.07, 6.45) is 0. The molecule has 4 nitrogen and oxygen atoms in total. The molecule has 0 radical (unpaired) electrons. The van der Waals surface area contributed by atoms with E-state index in [0.29, 0.717) is 12.1 Å². The van der Waals surface area contributed by atoms with Crippen LogP contribution in [-0.4, -0.2) is 91.3 Å². The molecule has 0 aromatic rings. The Balaban J connectivity index is 4.95. The molecule has 0 aliphatic rings. The van der Waals surface area contributed by atoms with Crippen molar-refractivity contribution in [1.82, 2.24) is 16.6 Å². The smallest absolute Gasteiger partial charge is 0.357 e. The molecule has 0 atom stereocenters. The van der Waals surface area contributed by atoms with Crippen LogP contribution >= 0.6 is 0 Å². The molecule has 0 spiro atoms. The number of nitrogens with zero attached hydrogens (tertiary/aromatic N) is 4. The van der Waals surface area contributed by atoms with Gasteiger partial charge in [0.25, 0.3) is 0 Å². The molecule has 0 aromatic heterocycles. The average molecular weight is 286 g/mol. The Morgan fingerprint density at radius 3 is 1.47 bits per heavy atom. The summed E-state index contributed by atoms with van der Waals surface area (Å²) in [5.41, 5.74) is 0. The summed E-state index contributed by atoms with van der Waals surface area (Å²) in [5.74, 6) is 0. The van der Waals surface area contributed by atoms with Crippen LogP contribution in [0.15, 0.2) is 0 Å². The lowest BCUT2D eigenvalue weighted by Gasteiger charge is -2.41. The average Bonchev–Trinajstić information content (AvgIpc) is 2.32. The molecule has 114 valence electrons. The second-order valence-corrected chi connectivity index (χ2v) is 9.35. The Bertz CT molecular complexity index is 219. The topological polar surface area (TPSA) is 13.0 Å². The molecule has 0 heterocycles. The van der Waals surface area contributed by atoms with Gasteiger partial charge in [0.05, 0.1) is 0 Å².